The third-order valence-corrected chi connectivity index (χ3v) is 3.55. The number of aromatic hydroxyl groups is 1. The minimum absolute atomic E-state index is 0.0407. The molecule has 1 aromatic carbocycles. The van der Waals surface area contributed by atoms with Crippen molar-refractivity contribution in [2.24, 2.45) is 5.10 Å². The molecule has 0 unspecified atom stereocenters. The summed E-state index contributed by atoms with van der Waals surface area (Å²) in [5, 5.41) is 13.1. The Labute approximate surface area is 133 Å². The highest BCUT2D eigenvalue weighted by Gasteiger charge is 1.99. The Balaban J connectivity index is 2.02. The Hall–Kier alpha value is -1.84. The first-order valence-corrected chi connectivity index (χ1v) is 8.33. The second-order valence-electron chi connectivity index (χ2n) is 5.61. The third kappa shape index (κ3) is 9.16. The van der Waals surface area contributed by atoms with Crippen LogP contribution in [0.15, 0.2) is 29.4 Å². The van der Waals surface area contributed by atoms with Crippen molar-refractivity contribution in [1.82, 2.24) is 5.43 Å². The fourth-order valence-electron chi connectivity index (χ4n) is 2.21. The van der Waals surface area contributed by atoms with Gasteiger partial charge in [0, 0.05) is 6.42 Å². The number of hydrogen-bond donors (Lipinski definition) is 2. The van der Waals surface area contributed by atoms with E-state index in [-0.39, 0.29) is 11.7 Å². The predicted octanol–water partition coefficient (Wildman–Crippen LogP) is 4.37. The number of rotatable bonds is 11. The quantitative estimate of drug-likeness (QED) is 0.362. The monoisotopic (exact) mass is 304 g/mol. The van der Waals surface area contributed by atoms with E-state index in [4.69, 9.17) is 5.11 Å². The van der Waals surface area contributed by atoms with E-state index < -0.39 is 0 Å². The molecule has 0 fully saturated rings. The first-order valence-electron chi connectivity index (χ1n) is 8.33. The van der Waals surface area contributed by atoms with Crippen LogP contribution < -0.4 is 5.43 Å². The van der Waals surface area contributed by atoms with E-state index >= 15 is 0 Å². The lowest BCUT2D eigenvalue weighted by Gasteiger charge is -2.01. The second-order valence-corrected chi connectivity index (χ2v) is 5.61. The fourth-order valence-corrected chi connectivity index (χ4v) is 2.21. The lowest BCUT2D eigenvalue weighted by Crippen LogP contribution is -2.16. The van der Waals surface area contributed by atoms with Gasteiger partial charge in [0.2, 0.25) is 5.91 Å². The predicted molar refractivity (Wildman–Crippen MR) is 91.1 cm³/mol. The summed E-state index contributed by atoms with van der Waals surface area (Å²) in [7, 11) is 0. The van der Waals surface area contributed by atoms with Crippen molar-refractivity contribution in [1.29, 1.82) is 0 Å². The molecule has 22 heavy (non-hydrogen) atoms. The molecular formula is C18H28N2O2. The second kappa shape index (κ2) is 11.8. The van der Waals surface area contributed by atoms with Crippen LogP contribution in [0.4, 0.5) is 0 Å². The number of hydrazone groups is 1. The normalized spacial score (nSPS) is 11.0. The summed E-state index contributed by atoms with van der Waals surface area (Å²) in [6, 6.07) is 6.65. The van der Waals surface area contributed by atoms with Gasteiger partial charge in [-0.15, -0.1) is 0 Å². The van der Waals surface area contributed by atoms with Crippen LogP contribution in [0.25, 0.3) is 0 Å². The van der Waals surface area contributed by atoms with Gasteiger partial charge in [-0.2, -0.15) is 5.10 Å². The highest BCUT2D eigenvalue weighted by atomic mass is 16.3. The summed E-state index contributed by atoms with van der Waals surface area (Å²) in [4.78, 5) is 11.6. The Morgan fingerprint density at radius 2 is 1.64 bits per heavy atom. The molecule has 1 aromatic rings. The van der Waals surface area contributed by atoms with Crippen molar-refractivity contribution in [2.75, 3.05) is 0 Å². The van der Waals surface area contributed by atoms with Crippen molar-refractivity contribution in [3.8, 4) is 5.75 Å². The molecule has 1 amide bonds. The van der Waals surface area contributed by atoms with Gasteiger partial charge in [0.15, 0.2) is 0 Å². The molecule has 4 nitrogen and oxygen atoms in total. The molecule has 0 heterocycles. The van der Waals surface area contributed by atoms with Crippen molar-refractivity contribution < 1.29 is 9.90 Å². The lowest BCUT2D eigenvalue weighted by atomic mass is 10.1. The van der Waals surface area contributed by atoms with E-state index in [1.807, 2.05) is 0 Å². The van der Waals surface area contributed by atoms with Gasteiger partial charge in [-0.3, -0.25) is 4.79 Å². The van der Waals surface area contributed by atoms with E-state index in [0.717, 1.165) is 18.4 Å². The first-order chi connectivity index (χ1) is 10.7. The summed E-state index contributed by atoms with van der Waals surface area (Å²) in [5.41, 5.74) is 3.37. The van der Waals surface area contributed by atoms with Gasteiger partial charge in [0.25, 0.3) is 0 Å². The van der Waals surface area contributed by atoms with E-state index in [9.17, 15) is 4.79 Å². The van der Waals surface area contributed by atoms with Crippen molar-refractivity contribution >= 4 is 12.1 Å². The van der Waals surface area contributed by atoms with Crippen molar-refractivity contribution in [3.63, 3.8) is 0 Å². The molecule has 0 aliphatic carbocycles. The number of carbonyl (C=O) groups excluding carboxylic acids is 1. The van der Waals surface area contributed by atoms with E-state index in [1.54, 1.807) is 30.5 Å². The molecule has 0 atom stereocenters. The molecular weight excluding hydrogens is 276 g/mol. The SMILES string of the molecule is CCCCCCCCCCC(=O)N/N=C/c1ccc(O)cc1. The number of nitrogens with one attached hydrogen (secondary N) is 1. The standard InChI is InChI=1S/C18H28N2O2/c1-2-3-4-5-6-7-8-9-10-18(22)20-19-15-16-11-13-17(21)14-12-16/h11-15,21H,2-10H2,1H3,(H,20,22)/b19-15+. The average Bonchev–Trinajstić information content (AvgIpc) is 2.52. The minimum atomic E-state index is -0.0407. The van der Waals surface area contributed by atoms with Crippen molar-refractivity contribution in [3.05, 3.63) is 29.8 Å². The number of benzene rings is 1. The smallest absolute Gasteiger partial charge is 0.240 e. The van der Waals surface area contributed by atoms with Gasteiger partial charge in [0.05, 0.1) is 6.21 Å². The van der Waals surface area contributed by atoms with E-state index in [0.29, 0.717) is 6.42 Å². The van der Waals surface area contributed by atoms with Crippen LogP contribution in [-0.2, 0) is 4.79 Å². The molecule has 4 heteroatoms. The van der Waals surface area contributed by atoms with Crippen LogP contribution in [0.3, 0.4) is 0 Å². The van der Waals surface area contributed by atoms with E-state index in [1.165, 1.54) is 38.5 Å². The zero-order chi connectivity index (χ0) is 16.0. The molecule has 2 N–H and O–H groups in total. The molecule has 0 radical (unpaired) electrons. The average molecular weight is 304 g/mol. The van der Waals surface area contributed by atoms with Crippen LogP contribution in [-0.4, -0.2) is 17.2 Å². The van der Waals surface area contributed by atoms with Gasteiger partial charge >= 0.3 is 0 Å². The molecule has 0 saturated heterocycles. The van der Waals surface area contributed by atoms with Gasteiger partial charge in [-0.05, 0) is 36.2 Å². The number of nitrogens with zero attached hydrogens (tertiary/aromatic N) is 1. The first kappa shape index (κ1) is 18.2. The number of phenolic OH excluding ortho intramolecular Hbond substituents is 1. The molecule has 0 saturated carbocycles. The van der Waals surface area contributed by atoms with Crippen molar-refractivity contribution in [2.45, 2.75) is 64.7 Å². The summed E-state index contributed by atoms with van der Waals surface area (Å²) >= 11 is 0. The Kier molecular flexibility index (Phi) is 9.75. The number of carbonyl (C=O) groups is 1. The lowest BCUT2D eigenvalue weighted by molar-refractivity contribution is -0.121. The topological polar surface area (TPSA) is 61.7 Å². The van der Waals surface area contributed by atoms with Gasteiger partial charge in [0.1, 0.15) is 5.75 Å². The molecule has 0 aliphatic heterocycles. The summed E-state index contributed by atoms with van der Waals surface area (Å²) in [6.07, 6.45) is 11.9. The van der Waals surface area contributed by atoms with Gasteiger partial charge < -0.3 is 5.11 Å². The van der Waals surface area contributed by atoms with Crippen LogP contribution in [0.2, 0.25) is 0 Å². The number of unbranched alkanes of at least 4 members (excludes halogenated alkanes) is 7. The molecule has 0 aromatic heterocycles. The molecule has 122 valence electrons. The number of hydrogen-bond acceptors (Lipinski definition) is 3. The number of phenols is 1. The van der Waals surface area contributed by atoms with Crippen LogP contribution >= 0.6 is 0 Å². The molecule has 1 rings (SSSR count). The highest BCUT2D eigenvalue weighted by molar-refractivity contribution is 5.82. The highest BCUT2D eigenvalue weighted by Crippen LogP contribution is 2.09. The number of amides is 1. The largest absolute Gasteiger partial charge is 0.508 e. The third-order valence-electron chi connectivity index (χ3n) is 3.55. The summed E-state index contributed by atoms with van der Waals surface area (Å²) in [5.74, 6) is 0.178. The Morgan fingerprint density at radius 1 is 1.05 bits per heavy atom. The van der Waals surface area contributed by atoms with Gasteiger partial charge in [-0.1, -0.05) is 51.9 Å². The Bertz CT molecular complexity index is 441. The van der Waals surface area contributed by atoms with E-state index in [2.05, 4.69) is 17.5 Å². The summed E-state index contributed by atoms with van der Waals surface area (Å²) in [6.45, 7) is 2.22. The Morgan fingerprint density at radius 3 is 2.27 bits per heavy atom. The summed E-state index contributed by atoms with van der Waals surface area (Å²) < 4.78 is 0. The minimum Gasteiger partial charge on any atom is -0.508 e. The maximum absolute atomic E-state index is 11.6. The van der Waals surface area contributed by atoms with Crippen LogP contribution in [0.1, 0.15) is 70.3 Å². The zero-order valence-corrected chi connectivity index (χ0v) is 13.6. The van der Waals surface area contributed by atoms with Gasteiger partial charge in [-0.25, -0.2) is 5.43 Å². The zero-order valence-electron chi connectivity index (χ0n) is 13.6. The molecule has 0 spiro atoms. The molecule has 0 bridgehead atoms. The maximum atomic E-state index is 11.6. The fraction of sp³-hybridized carbons (Fsp3) is 0.556. The molecule has 0 aliphatic rings. The maximum Gasteiger partial charge on any atom is 0.240 e. The van der Waals surface area contributed by atoms with Crippen LogP contribution in [0, 0.1) is 0 Å². The van der Waals surface area contributed by atoms with Crippen LogP contribution in [0.5, 0.6) is 5.75 Å².